The molecule has 3 nitrogen and oxygen atoms in total. The number of rotatable bonds is 9. The summed E-state index contributed by atoms with van der Waals surface area (Å²) in [5, 5.41) is 0. The van der Waals surface area contributed by atoms with E-state index < -0.39 is 0 Å². The van der Waals surface area contributed by atoms with Crippen molar-refractivity contribution in [1.82, 2.24) is 0 Å². The van der Waals surface area contributed by atoms with Crippen LogP contribution in [-0.2, 0) is 0 Å². The molecule has 0 aliphatic heterocycles. The van der Waals surface area contributed by atoms with E-state index in [0.717, 1.165) is 22.8 Å². The average molecular weight is 283 g/mol. The van der Waals surface area contributed by atoms with Crippen molar-refractivity contribution in [3.63, 3.8) is 0 Å². The monoisotopic (exact) mass is 283 g/mol. The van der Waals surface area contributed by atoms with Gasteiger partial charge in [-0.15, -0.1) is 0 Å². The van der Waals surface area contributed by atoms with E-state index in [2.05, 4.69) is 6.92 Å². The molecule has 0 saturated carbocycles. The molecular formula is C15H25NO2S. The molecule has 0 heterocycles. The van der Waals surface area contributed by atoms with Crippen LogP contribution in [0, 0.1) is 0 Å². The number of nitrogens with two attached hydrogens (primary N) is 1. The molecule has 0 fully saturated rings. The summed E-state index contributed by atoms with van der Waals surface area (Å²) >= 11 is 1.92. The SMILES string of the molecule is CCCCCSCC(N)c1ccc(OC)c(OC)c1. The van der Waals surface area contributed by atoms with Gasteiger partial charge in [-0.1, -0.05) is 25.8 Å². The summed E-state index contributed by atoms with van der Waals surface area (Å²) in [7, 11) is 3.29. The van der Waals surface area contributed by atoms with Crippen LogP contribution in [0.3, 0.4) is 0 Å². The topological polar surface area (TPSA) is 44.5 Å². The van der Waals surface area contributed by atoms with E-state index in [1.807, 2.05) is 30.0 Å². The van der Waals surface area contributed by atoms with Crippen molar-refractivity contribution in [2.45, 2.75) is 32.2 Å². The lowest BCUT2D eigenvalue weighted by atomic mass is 10.1. The van der Waals surface area contributed by atoms with Gasteiger partial charge in [0.15, 0.2) is 11.5 Å². The fourth-order valence-electron chi connectivity index (χ4n) is 1.84. The van der Waals surface area contributed by atoms with Crippen molar-refractivity contribution in [2.24, 2.45) is 5.73 Å². The fraction of sp³-hybridized carbons (Fsp3) is 0.600. The smallest absolute Gasteiger partial charge is 0.161 e. The van der Waals surface area contributed by atoms with Crippen molar-refractivity contribution in [1.29, 1.82) is 0 Å². The van der Waals surface area contributed by atoms with Crippen LogP contribution in [0.25, 0.3) is 0 Å². The van der Waals surface area contributed by atoms with Crippen LogP contribution in [0.1, 0.15) is 37.8 Å². The number of hydrogen-bond donors (Lipinski definition) is 1. The Morgan fingerprint density at radius 2 is 1.89 bits per heavy atom. The van der Waals surface area contributed by atoms with Gasteiger partial charge in [-0.3, -0.25) is 0 Å². The van der Waals surface area contributed by atoms with E-state index >= 15 is 0 Å². The Hall–Kier alpha value is -0.870. The highest BCUT2D eigenvalue weighted by atomic mass is 32.2. The molecule has 4 heteroatoms. The molecular weight excluding hydrogens is 258 g/mol. The number of methoxy groups -OCH3 is 2. The van der Waals surface area contributed by atoms with Gasteiger partial charge in [0.05, 0.1) is 14.2 Å². The van der Waals surface area contributed by atoms with Crippen molar-refractivity contribution < 1.29 is 9.47 Å². The van der Waals surface area contributed by atoms with Crippen molar-refractivity contribution in [3.8, 4) is 11.5 Å². The maximum atomic E-state index is 6.21. The lowest BCUT2D eigenvalue weighted by Crippen LogP contribution is -2.13. The van der Waals surface area contributed by atoms with Gasteiger partial charge in [-0.05, 0) is 29.9 Å². The Kier molecular flexibility index (Phi) is 7.75. The fourth-order valence-corrected chi connectivity index (χ4v) is 2.87. The second-order valence-corrected chi connectivity index (χ2v) is 5.65. The summed E-state index contributed by atoms with van der Waals surface area (Å²) in [5.74, 6) is 3.62. The number of thioether (sulfide) groups is 1. The summed E-state index contributed by atoms with van der Waals surface area (Å²) in [6.45, 7) is 2.22. The standard InChI is InChI=1S/C15H25NO2S/c1-4-5-6-9-19-11-13(16)12-7-8-14(17-2)15(10-12)18-3/h7-8,10,13H,4-6,9,11,16H2,1-3H3. The minimum Gasteiger partial charge on any atom is -0.493 e. The summed E-state index contributed by atoms with van der Waals surface area (Å²) in [6.07, 6.45) is 3.85. The zero-order valence-corrected chi connectivity index (χ0v) is 13.0. The third-order valence-corrected chi connectivity index (χ3v) is 4.20. The van der Waals surface area contributed by atoms with Crippen molar-refractivity contribution in [3.05, 3.63) is 23.8 Å². The summed E-state index contributed by atoms with van der Waals surface area (Å²) in [4.78, 5) is 0. The Labute approximate surface area is 120 Å². The first kappa shape index (κ1) is 16.2. The number of hydrogen-bond acceptors (Lipinski definition) is 4. The number of ether oxygens (including phenoxy) is 2. The first-order chi connectivity index (χ1) is 9.22. The largest absolute Gasteiger partial charge is 0.493 e. The first-order valence-corrected chi connectivity index (χ1v) is 7.93. The normalized spacial score (nSPS) is 12.2. The zero-order chi connectivity index (χ0) is 14.1. The molecule has 1 aromatic carbocycles. The summed E-state index contributed by atoms with van der Waals surface area (Å²) in [6, 6.07) is 5.94. The van der Waals surface area contributed by atoms with Crippen LogP contribution in [0.5, 0.6) is 11.5 Å². The van der Waals surface area contributed by atoms with E-state index in [4.69, 9.17) is 15.2 Å². The molecule has 108 valence electrons. The van der Waals surface area contributed by atoms with Gasteiger partial charge in [0.25, 0.3) is 0 Å². The maximum Gasteiger partial charge on any atom is 0.161 e. The minimum absolute atomic E-state index is 0.0476. The van der Waals surface area contributed by atoms with Gasteiger partial charge in [0.2, 0.25) is 0 Å². The molecule has 0 spiro atoms. The Morgan fingerprint density at radius 3 is 2.53 bits per heavy atom. The molecule has 1 rings (SSSR count). The highest BCUT2D eigenvalue weighted by Gasteiger charge is 2.10. The molecule has 19 heavy (non-hydrogen) atoms. The van der Waals surface area contributed by atoms with Crippen LogP contribution in [-0.4, -0.2) is 25.7 Å². The molecule has 0 bridgehead atoms. The number of unbranched alkanes of at least 4 members (excludes halogenated alkanes) is 2. The Bertz CT molecular complexity index is 371. The predicted octanol–water partition coefficient (Wildman–Crippen LogP) is 3.63. The molecule has 0 aliphatic rings. The predicted molar refractivity (Wildman–Crippen MR) is 83.3 cm³/mol. The number of benzene rings is 1. The van der Waals surface area contributed by atoms with Crippen LogP contribution in [0.15, 0.2) is 18.2 Å². The molecule has 1 atom stereocenters. The molecule has 0 aromatic heterocycles. The van der Waals surface area contributed by atoms with Crippen LogP contribution < -0.4 is 15.2 Å². The van der Waals surface area contributed by atoms with Crippen LogP contribution >= 0.6 is 11.8 Å². The molecule has 0 aliphatic carbocycles. The molecule has 0 radical (unpaired) electrons. The Balaban J connectivity index is 2.49. The van der Waals surface area contributed by atoms with Gasteiger partial charge in [0.1, 0.15) is 0 Å². The summed E-state index contributed by atoms with van der Waals surface area (Å²) in [5.41, 5.74) is 7.31. The van der Waals surface area contributed by atoms with E-state index in [9.17, 15) is 0 Å². The van der Waals surface area contributed by atoms with Gasteiger partial charge < -0.3 is 15.2 Å². The lowest BCUT2D eigenvalue weighted by Gasteiger charge is -2.14. The zero-order valence-electron chi connectivity index (χ0n) is 12.1. The van der Waals surface area contributed by atoms with Crippen LogP contribution in [0.2, 0.25) is 0 Å². The third-order valence-electron chi connectivity index (χ3n) is 3.03. The highest BCUT2D eigenvalue weighted by Crippen LogP contribution is 2.30. The van der Waals surface area contributed by atoms with Crippen molar-refractivity contribution >= 4 is 11.8 Å². The van der Waals surface area contributed by atoms with Gasteiger partial charge in [-0.25, -0.2) is 0 Å². The highest BCUT2D eigenvalue weighted by molar-refractivity contribution is 7.99. The van der Waals surface area contributed by atoms with E-state index in [0.29, 0.717) is 0 Å². The van der Waals surface area contributed by atoms with E-state index in [1.54, 1.807) is 14.2 Å². The maximum absolute atomic E-state index is 6.21. The second kappa shape index (κ2) is 9.10. The molecule has 2 N–H and O–H groups in total. The quantitative estimate of drug-likeness (QED) is 0.703. The summed E-state index contributed by atoms with van der Waals surface area (Å²) < 4.78 is 10.5. The average Bonchev–Trinajstić information content (AvgIpc) is 2.46. The van der Waals surface area contributed by atoms with E-state index in [-0.39, 0.29) is 6.04 Å². The first-order valence-electron chi connectivity index (χ1n) is 6.78. The molecule has 0 amide bonds. The van der Waals surface area contributed by atoms with Gasteiger partial charge >= 0.3 is 0 Å². The third kappa shape index (κ3) is 5.33. The molecule has 1 unspecified atom stereocenters. The Morgan fingerprint density at radius 1 is 1.16 bits per heavy atom. The second-order valence-electron chi connectivity index (χ2n) is 4.50. The van der Waals surface area contributed by atoms with Gasteiger partial charge in [-0.2, -0.15) is 11.8 Å². The van der Waals surface area contributed by atoms with Crippen molar-refractivity contribution in [2.75, 3.05) is 25.7 Å². The molecule has 0 saturated heterocycles. The van der Waals surface area contributed by atoms with Gasteiger partial charge in [0, 0.05) is 11.8 Å². The molecule has 1 aromatic rings. The minimum atomic E-state index is 0.0476. The van der Waals surface area contributed by atoms with Crippen LogP contribution in [0.4, 0.5) is 0 Å². The lowest BCUT2D eigenvalue weighted by molar-refractivity contribution is 0.354. The van der Waals surface area contributed by atoms with E-state index in [1.165, 1.54) is 25.0 Å².